The topological polar surface area (TPSA) is 77.7 Å². The molecule has 3 aromatic rings. The number of likely N-dealkylation sites (tertiary alicyclic amines) is 1. The fraction of sp³-hybridized carbons (Fsp3) is 0.261. The van der Waals surface area contributed by atoms with Crippen molar-refractivity contribution in [3.8, 4) is 23.0 Å². The van der Waals surface area contributed by atoms with E-state index in [0.717, 1.165) is 18.4 Å². The lowest BCUT2D eigenvalue weighted by molar-refractivity contribution is -0.127. The Morgan fingerprint density at radius 2 is 1.81 bits per heavy atom. The second-order valence-corrected chi connectivity index (χ2v) is 7.50. The van der Waals surface area contributed by atoms with Crippen molar-refractivity contribution in [2.75, 3.05) is 19.9 Å². The molecule has 0 saturated carbocycles. The summed E-state index contributed by atoms with van der Waals surface area (Å²) in [5.74, 6) is 2.09. The van der Waals surface area contributed by atoms with Gasteiger partial charge in [-0.05, 0) is 60.9 Å². The number of hydrogen-bond donors (Lipinski definition) is 0. The van der Waals surface area contributed by atoms with E-state index in [1.165, 1.54) is 12.1 Å². The van der Waals surface area contributed by atoms with Gasteiger partial charge in [-0.1, -0.05) is 6.07 Å². The van der Waals surface area contributed by atoms with Gasteiger partial charge in [-0.15, -0.1) is 10.2 Å². The zero-order valence-corrected chi connectivity index (χ0v) is 16.7. The third-order valence-corrected chi connectivity index (χ3v) is 5.50. The number of carbonyl (C=O) groups is 1. The van der Waals surface area contributed by atoms with Crippen molar-refractivity contribution >= 4 is 12.0 Å². The number of ether oxygens (including phenoxy) is 2. The molecular weight excluding hydrogens is 401 g/mol. The van der Waals surface area contributed by atoms with E-state index in [2.05, 4.69) is 10.2 Å². The zero-order valence-electron chi connectivity index (χ0n) is 16.7. The number of aromatic nitrogens is 2. The fourth-order valence-electron chi connectivity index (χ4n) is 3.75. The minimum atomic E-state index is -0.312. The summed E-state index contributed by atoms with van der Waals surface area (Å²) in [5, 5.41) is 8.25. The summed E-state index contributed by atoms with van der Waals surface area (Å²) < 4.78 is 29.6. The maximum absolute atomic E-state index is 13.1. The highest BCUT2D eigenvalue weighted by Crippen LogP contribution is 2.33. The second-order valence-electron chi connectivity index (χ2n) is 7.50. The zero-order chi connectivity index (χ0) is 21.2. The number of piperidine rings is 1. The van der Waals surface area contributed by atoms with Crippen molar-refractivity contribution in [3.63, 3.8) is 0 Å². The summed E-state index contributed by atoms with van der Waals surface area (Å²) in [6, 6.07) is 11.5. The third kappa shape index (κ3) is 4.14. The van der Waals surface area contributed by atoms with Gasteiger partial charge in [0, 0.05) is 30.6 Å². The van der Waals surface area contributed by atoms with Crippen LogP contribution >= 0.6 is 0 Å². The Labute approximate surface area is 178 Å². The highest BCUT2D eigenvalue weighted by Gasteiger charge is 2.27. The molecule has 3 heterocycles. The minimum Gasteiger partial charge on any atom is -0.454 e. The number of carbonyl (C=O) groups excluding carboxylic acids is 1. The van der Waals surface area contributed by atoms with Crippen molar-refractivity contribution in [1.82, 2.24) is 15.1 Å². The van der Waals surface area contributed by atoms with Gasteiger partial charge in [0.1, 0.15) is 5.82 Å². The number of fused-ring (bicyclic) bond motifs is 1. The van der Waals surface area contributed by atoms with E-state index in [1.54, 1.807) is 24.3 Å². The van der Waals surface area contributed by atoms with Gasteiger partial charge in [0.05, 0.1) is 0 Å². The summed E-state index contributed by atoms with van der Waals surface area (Å²) in [7, 11) is 0. The van der Waals surface area contributed by atoms with E-state index in [4.69, 9.17) is 13.9 Å². The third-order valence-electron chi connectivity index (χ3n) is 5.50. The number of benzene rings is 2. The lowest BCUT2D eigenvalue weighted by atomic mass is 9.97. The normalized spacial score (nSPS) is 16.2. The van der Waals surface area contributed by atoms with Crippen molar-refractivity contribution < 1.29 is 23.1 Å². The van der Waals surface area contributed by atoms with Gasteiger partial charge in [-0.3, -0.25) is 4.79 Å². The largest absolute Gasteiger partial charge is 0.454 e. The quantitative estimate of drug-likeness (QED) is 0.592. The molecule has 1 aromatic heterocycles. The van der Waals surface area contributed by atoms with Crippen molar-refractivity contribution in [2.24, 2.45) is 0 Å². The molecule has 7 nitrogen and oxygen atoms in total. The predicted octanol–water partition coefficient (Wildman–Crippen LogP) is 4.02. The Kier molecular flexibility index (Phi) is 5.11. The molecule has 0 N–H and O–H groups in total. The SMILES string of the molecule is O=C(/C=C/c1ccc2c(c1)OCO2)N1CCC(c2nnc(-c3ccc(F)cc3)o2)CC1. The van der Waals surface area contributed by atoms with Crippen LogP contribution in [0.25, 0.3) is 17.5 Å². The number of amides is 1. The Morgan fingerprint density at radius 3 is 2.61 bits per heavy atom. The van der Waals surface area contributed by atoms with Gasteiger partial charge in [0.25, 0.3) is 0 Å². The van der Waals surface area contributed by atoms with Crippen molar-refractivity contribution in [3.05, 3.63) is 65.8 Å². The van der Waals surface area contributed by atoms with Gasteiger partial charge in [0.15, 0.2) is 11.5 Å². The van der Waals surface area contributed by atoms with Crippen LogP contribution in [0.2, 0.25) is 0 Å². The van der Waals surface area contributed by atoms with Gasteiger partial charge in [-0.2, -0.15) is 0 Å². The van der Waals surface area contributed by atoms with Crippen LogP contribution in [-0.4, -0.2) is 40.9 Å². The predicted molar refractivity (Wildman–Crippen MR) is 110 cm³/mol. The fourth-order valence-corrected chi connectivity index (χ4v) is 3.75. The molecule has 8 heteroatoms. The van der Waals surface area contributed by atoms with E-state index < -0.39 is 0 Å². The van der Waals surface area contributed by atoms with Crippen LogP contribution in [0.1, 0.15) is 30.2 Å². The molecular formula is C23H20FN3O4. The molecule has 1 saturated heterocycles. The molecule has 2 aliphatic rings. The van der Waals surface area contributed by atoms with Crippen molar-refractivity contribution in [1.29, 1.82) is 0 Å². The Bertz CT molecular complexity index is 1120. The van der Waals surface area contributed by atoms with Crippen molar-refractivity contribution in [2.45, 2.75) is 18.8 Å². The molecule has 0 atom stereocenters. The van der Waals surface area contributed by atoms with Crippen LogP contribution in [0, 0.1) is 5.82 Å². The first-order valence-corrected chi connectivity index (χ1v) is 10.1. The Morgan fingerprint density at radius 1 is 1.03 bits per heavy atom. The van der Waals surface area contributed by atoms with Gasteiger partial charge < -0.3 is 18.8 Å². The van der Waals surface area contributed by atoms with Crippen LogP contribution in [0.5, 0.6) is 11.5 Å². The molecule has 2 aliphatic heterocycles. The van der Waals surface area contributed by atoms with E-state index in [1.807, 2.05) is 23.1 Å². The lowest BCUT2D eigenvalue weighted by Crippen LogP contribution is -2.36. The summed E-state index contributed by atoms with van der Waals surface area (Å²) in [6.45, 7) is 1.45. The summed E-state index contributed by atoms with van der Waals surface area (Å²) in [4.78, 5) is 14.4. The Balaban J connectivity index is 1.18. The molecule has 0 unspecified atom stereocenters. The first kappa shape index (κ1) is 19.3. The average Bonchev–Trinajstić information content (AvgIpc) is 3.47. The monoisotopic (exact) mass is 421 g/mol. The average molecular weight is 421 g/mol. The van der Waals surface area contributed by atoms with E-state index in [-0.39, 0.29) is 24.4 Å². The molecule has 2 aromatic carbocycles. The van der Waals surface area contributed by atoms with Crippen LogP contribution in [0.15, 0.2) is 53.0 Å². The maximum atomic E-state index is 13.1. The molecule has 31 heavy (non-hydrogen) atoms. The summed E-state index contributed by atoms with van der Waals surface area (Å²) in [5.41, 5.74) is 1.56. The number of rotatable bonds is 4. The van der Waals surface area contributed by atoms with E-state index in [0.29, 0.717) is 41.9 Å². The molecule has 1 amide bonds. The molecule has 1 fully saturated rings. The lowest BCUT2D eigenvalue weighted by Gasteiger charge is -2.29. The van der Waals surface area contributed by atoms with E-state index >= 15 is 0 Å². The Hall–Kier alpha value is -3.68. The number of nitrogens with zero attached hydrogens (tertiary/aromatic N) is 3. The number of hydrogen-bond acceptors (Lipinski definition) is 6. The highest BCUT2D eigenvalue weighted by molar-refractivity contribution is 5.92. The van der Waals surface area contributed by atoms with Crippen LogP contribution in [-0.2, 0) is 4.79 Å². The number of halogens is 1. The first-order valence-electron chi connectivity index (χ1n) is 10.1. The first-order chi connectivity index (χ1) is 15.2. The summed E-state index contributed by atoms with van der Waals surface area (Å²) >= 11 is 0. The molecule has 0 bridgehead atoms. The van der Waals surface area contributed by atoms with Gasteiger partial charge in [0.2, 0.25) is 24.5 Å². The van der Waals surface area contributed by atoms with E-state index in [9.17, 15) is 9.18 Å². The highest BCUT2D eigenvalue weighted by atomic mass is 19.1. The second kappa shape index (κ2) is 8.22. The van der Waals surface area contributed by atoms with Gasteiger partial charge >= 0.3 is 0 Å². The molecule has 0 radical (unpaired) electrons. The van der Waals surface area contributed by atoms with Crippen LogP contribution in [0.4, 0.5) is 4.39 Å². The standard InChI is InChI=1S/C23H20FN3O4/c24-18-5-3-16(4-6-18)22-25-26-23(31-22)17-9-11-27(12-10-17)21(28)8-2-15-1-7-19-20(13-15)30-14-29-19/h1-8,13,17H,9-12,14H2/b8-2+. The molecule has 0 aliphatic carbocycles. The molecule has 158 valence electrons. The van der Waals surface area contributed by atoms with Crippen LogP contribution in [0.3, 0.4) is 0 Å². The van der Waals surface area contributed by atoms with Crippen LogP contribution < -0.4 is 9.47 Å². The smallest absolute Gasteiger partial charge is 0.247 e. The molecule has 5 rings (SSSR count). The maximum Gasteiger partial charge on any atom is 0.247 e. The van der Waals surface area contributed by atoms with Gasteiger partial charge in [-0.25, -0.2) is 4.39 Å². The molecule has 0 spiro atoms. The minimum absolute atomic E-state index is 0.0337. The summed E-state index contributed by atoms with van der Waals surface area (Å²) in [6.07, 6.45) is 4.85.